The first-order valence-electron chi connectivity index (χ1n) is 7.46. The Morgan fingerprint density at radius 1 is 1.13 bits per heavy atom. The summed E-state index contributed by atoms with van der Waals surface area (Å²) in [4.78, 5) is 19.6. The molecule has 0 atom stereocenters. The van der Waals surface area contributed by atoms with E-state index in [9.17, 15) is 4.79 Å². The lowest BCUT2D eigenvalue weighted by atomic mass is 10.2. The highest BCUT2D eigenvalue weighted by molar-refractivity contribution is 5.67. The van der Waals surface area contributed by atoms with E-state index in [2.05, 4.69) is 20.6 Å². The minimum absolute atomic E-state index is 0.416. The lowest BCUT2D eigenvalue weighted by molar-refractivity contribution is 0.0523. The number of aromatic nitrogens is 2. The van der Waals surface area contributed by atoms with Crippen LogP contribution in [0, 0.1) is 0 Å². The lowest BCUT2D eigenvalue weighted by Crippen LogP contribution is -2.32. The Morgan fingerprint density at radius 3 is 2.57 bits per heavy atom. The zero-order chi connectivity index (χ0) is 16.7. The monoisotopic (exact) mass is 314 g/mol. The van der Waals surface area contributed by atoms with Crippen LogP contribution in [0.2, 0.25) is 0 Å². The van der Waals surface area contributed by atoms with E-state index >= 15 is 0 Å². The van der Waals surface area contributed by atoms with Crippen molar-refractivity contribution in [2.24, 2.45) is 0 Å². The van der Waals surface area contributed by atoms with Crippen LogP contribution in [0.5, 0.6) is 0 Å². The third-order valence-corrected chi connectivity index (χ3v) is 2.87. The molecule has 0 saturated carbocycles. The molecule has 122 valence electrons. The summed E-state index contributed by atoms with van der Waals surface area (Å²) < 4.78 is 5.22. The van der Waals surface area contributed by atoms with Crippen molar-refractivity contribution in [2.75, 3.05) is 5.32 Å². The molecule has 0 saturated heterocycles. The summed E-state index contributed by atoms with van der Waals surface area (Å²) in [6.07, 6.45) is 4.63. The molecule has 0 unspecified atom stereocenters. The van der Waals surface area contributed by atoms with Gasteiger partial charge in [-0.15, -0.1) is 0 Å². The van der Waals surface area contributed by atoms with E-state index in [0.717, 1.165) is 16.8 Å². The van der Waals surface area contributed by atoms with E-state index in [0.29, 0.717) is 13.1 Å². The van der Waals surface area contributed by atoms with Gasteiger partial charge in [-0.1, -0.05) is 12.1 Å². The highest BCUT2D eigenvalue weighted by Gasteiger charge is 2.15. The summed E-state index contributed by atoms with van der Waals surface area (Å²) in [7, 11) is 0. The molecule has 1 aromatic carbocycles. The van der Waals surface area contributed by atoms with Gasteiger partial charge in [0.1, 0.15) is 11.9 Å². The maximum atomic E-state index is 11.7. The van der Waals surface area contributed by atoms with Crippen LogP contribution in [0.25, 0.3) is 0 Å². The van der Waals surface area contributed by atoms with Crippen molar-refractivity contribution in [3.8, 4) is 0 Å². The Labute approximate surface area is 136 Å². The molecule has 0 aliphatic carbocycles. The molecule has 6 heteroatoms. The topological polar surface area (TPSA) is 76.1 Å². The van der Waals surface area contributed by atoms with Crippen molar-refractivity contribution in [1.82, 2.24) is 15.3 Å². The summed E-state index contributed by atoms with van der Waals surface area (Å²) >= 11 is 0. The average Bonchev–Trinajstić information content (AvgIpc) is 2.51. The number of nitrogens with zero attached hydrogens (tertiary/aromatic N) is 2. The predicted molar refractivity (Wildman–Crippen MR) is 88.9 cm³/mol. The van der Waals surface area contributed by atoms with E-state index in [1.165, 1.54) is 6.33 Å². The normalized spacial score (nSPS) is 10.9. The van der Waals surface area contributed by atoms with Crippen molar-refractivity contribution in [2.45, 2.75) is 39.5 Å². The van der Waals surface area contributed by atoms with E-state index in [-0.39, 0.29) is 0 Å². The highest BCUT2D eigenvalue weighted by atomic mass is 16.6. The largest absolute Gasteiger partial charge is 0.444 e. The fourth-order valence-electron chi connectivity index (χ4n) is 1.91. The number of hydrogen-bond donors (Lipinski definition) is 2. The number of carbonyl (C=O) groups excluding carboxylic acids is 1. The van der Waals surface area contributed by atoms with Crippen molar-refractivity contribution in [1.29, 1.82) is 0 Å². The Bertz CT molecular complexity index is 639. The van der Waals surface area contributed by atoms with Crippen LogP contribution in [0.3, 0.4) is 0 Å². The summed E-state index contributed by atoms with van der Waals surface area (Å²) in [6.45, 7) is 6.57. The Morgan fingerprint density at radius 2 is 1.87 bits per heavy atom. The smallest absolute Gasteiger partial charge is 0.407 e. The maximum absolute atomic E-state index is 11.7. The van der Waals surface area contributed by atoms with E-state index in [1.54, 1.807) is 12.4 Å². The van der Waals surface area contributed by atoms with Gasteiger partial charge in [-0.25, -0.2) is 14.8 Å². The molecule has 23 heavy (non-hydrogen) atoms. The van der Waals surface area contributed by atoms with Gasteiger partial charge in [-0.3, -0.25) is 0 Å². The Kier molecular flexibility index (Phi) is 5.51. The molecular weight excluding hydrogens is 292 g/mol. The number of amides is 1. The van der Waals surface area contributed by atoms with Crippen molar-refractivity contribution in [3.63, 3.8) is 0 Å². The number of benzene rings is 1. The molecule has 2 N–H and O–H groups in total. The van der Waals surface area contributed by atoms with Crippen LogP contribution in [0.4, 0.5) is 10.5 Å². The van der Waals surface area contributed by atoms with Gasteiger partial charge in [0.15, 0.2) is 0 Å². The molecule has 0 radical (unpaired) electrons. The second-order valence-corrected chi connectivity index (χ2v) is 6.16. The maximum Gasteiger partial charge on any atom is 0.407 e. The molecule has 0 aliphatic rings. The van der Waals surface area contributed by atoms with Gasteiger partial charge in [0.25, 0.3) is 0 Å². The van der Waals surface area contributed by atoms with Crippen LogP contribution in [0.15, 0.2) is 43.0 Å². The fourth-order valence-corrected chi connectivity index (χ4v) is 1.91. The summed E-state index contributed by atoms with van der Waals surface area (Å²) in [5.41, 5.74) is 2.47. The number of carbonyl (C=O) groups is 1. The molecule has 6 nitrogen and oxygen atoms in total. The van der Waals surface area contributed by atoms with Gasteiger partial charge in [-0.05, 0) is 38.5 Å². The molecule has 2 aromatic rings. The van der Waals surface area contributed by atoms with Gasteiger partial charge in [0.05, 0.1) is 0 Å². The molecule has 2 rings (SSSR count). The van der Waals surface area contributed by atoms with Gasteiger partial charge in [0.2, 0.25) is 0 Å². The van der Waals surface area contributed by atoms with Crippen LogP contribution < -0.4 is 10.6 Å². The minimum Gasteiger partial charge on any atom is -0.444 e. The van der Waals surface area contributed by atoms with E-state index in [4.69, 9.17) is 4.74 Å². The molecule has 0 bridgehead atoms. The van der Waals surface area contributed by atoms with Crippen LogP contribution in [-0.2, 0) is 17.8 Å². The summed E-state index contributed by atoms with van der Waals surface area (Å²) in [5, 5.41) is 6.05. The molecule has 0 spiro atoms. The number of ether oxygens (including phenoxy) is 1. The number of rotatable bonds is 5. The summed E-state index contributed by atoms with van der Waals surface area (Å²) in [5.74, 6) is 0. The number of anilines is 1. The van der Waals surface area contributed by atoms with Crippen molar-refractivity contribution in [3.05, 3.63) is 54.1 Å². The third kappa shape index (κ3) is 6.34. The number of nitrogens with one attached hydrogen (secondary N) is 2. The molecule has 0 aliphatic heterocycles. The minimum atomic E-state index is -0.495. The Hall–Kier alpha value is -2.63. The third-order valence-electron chi connectivity index (χ3n) is 2.87. The number of hydrogen-bond acceptors (Lipinski definition) is 5. The average molecular weight is 314 g/mol. The second kappa shape index (κ2) is 7.58. The standard InChI is InChI=1S/C17H22N4O2/c1-17(2,3)23-16(22)21-10-13-5-4-6-15(7-13)20-11-14-8-18-12-19-9-14/h4-9,12,20H,10-11H2,1-3H3,(H,21,22). The zero-order valence-corrected chi connectivity index (χ0v) is 13.7. The van der Waals surface area contributed by atoms with Crippen molar-refractivity contribution < 1.29 is 9.53 Å². The van der Waals surface area contributed by atoms with Gasteiger partial charge in [0, 0.05) is 36.7 Å². The van der Waals surface area contributed by atoms with Crippen LogP contribution in [0.1, 0.15) is 31.9 Å². The predicted octanol–water partition coefficient (Wildman–Crippen LogP) is 3.11. The van der Waals surface area contributed by atoms with Crippen molar-refractivity contribution >= 4 is 11.8 Å². The fraction of sp³-hybridized carbons (Fsp3) is 0.353. The van der Waals surface area contributed by atoms with Gasteiger partial charge in [-0.2, -0.15) is 0 Å². The molecule has 1 amide bonds. The lowest BCUT2D eigenvalue weighted by Gasteiger charge is -2.19. The Balaban J connectivity index is 1.86. The number of alkyl carbamates (subject to hydrolysis) is 1. The zero-order valence-electron chi connectivity index (χ0n) is 13.7. The second-order valence-electron chi connectivity index (χ2n) is 6.16. The van der Waals surface area contributed by atoms with E-state index in [1.807, 2.05) is 45.0 Å². The van der Waals surface area contributed by atoms with Gasteiger partial charge >= 0.3 is 6.09 Å². The quantitative estimate of drug-likeness (QED) is 0.887. The van der Waals surface area contributed by atoms with E-state index < -0.39 is 11.7 Å². The first kappa shape index (κ1) is 16.7. The van der Waals surface area contributed by atoms with Crippen LogP contribution >= 0.6 is 0 Å². The molecule has 0 fully saturated rings. The molecule has 1 heterocycles. The highest BCUT2D eigenvalue weighted by Crippen LogP contribution is 2.12. The molecule has 1 aromatic heterocycles. The SMILES string of the molecule is CC(C)(C)OC(=O)NCc1cccc(NCc2cncnc2)c1. The first-order chi connectivity index (χ1) is 10.9. The summed E-state index contributed by atoms with van der Waals surface area (Å²) in [6, 6.07) is 7.85. The van der Waals surface area contributed by atoms with Crippen LogP contribution in [-0.4, -0.2) is 21.7 Å². The first-order valence-corrected chi connectivity index (χ1v) is 7.46. The molecular formula is C17H22N4O2. The van der Waals surface area contributed by atoms with Gasteiger partial charge < -0.3 is 15.4 Å².